The van der Waals surface area contributed by atoms with E-state index in [4.69, 9.17) is 0 Å². The second kappa shape index (κ2) is 4.17. The van der Waals surface area contributed by atoms with E-state index in [0.29, 0.717) is 12.1 Å². The summed E-state index contributed by atoms with van der Waals surface area (Å²) in [6, 6.07) is 11.4. The fourth-order valence-electron chi connectivity index (χ4n) is 3.81. The zero-order valence-electron chi connectivity index (χ0n) is 10.7. The molecule has 0 saturated carbocycles. The molecule has 2 fully saturated rings. The summed E-state index contributed by atoms with van der Waals surface area (Å²) in [6.07, 6.45) is 3.27. The Hall–Kier alpha value is -1.68. The maximum absolute atomic E-state index is 11.9. The topological polar surface area (TPSA) is 44.7 Å². The van der Waals surface area contributed by atoms with Crippen molar-refractivity contribution in [1.82, 2.24) is 10.3 Å². The van der Waals surface area contributed by atoms with Gasteiger partial charge in [0.25, 0.3) is 5.91 Å². The summed E-state index contributed by atoms with van der Waals surface area (Å²) in [4.78, 5) is 14.5. The van der Waals surface area contributed by atoms with Crippen LogP contribution in [-0.2, 0) is 11.3 Å². The van der Waals surface area contributed by atoms with E-state index < -0.39 is 0 Å². The number of carbonyl (C=O) groups excluding carboxylic acids is 1. The molecule has 0 spiro atoms. The van der Waals surface area contributed by atoms with Gasteiger partial charge in [0.15, 0.2) is 0 Å². The Morgan fingerprint density at radius 2 is 2.11 bits per heavy atom. The van der Waals surface area contributed by atoms with E-state index in [1.165, 1.54) is 12.0 Å². The smallest absolute Gasteiger partial charge is 0.250 e. The van der Waals surface area contributed by atoms with Crippen molar-refractivity contribution in [3.8, 4) is 0 Å². The van der Waals surface area contributed by atoms with E-state index in [-0.39, 0.29) is 11.8 Å². The predicted octanol–water partition coefficient (Wildman–Crippen LogP) is 1.53. The molecule has 2 bridgehead atoms. The fourth-order valence-corrected chi connectivity index (χ4v) is 3.81. The lowest BCUT2D eigenvalue weighted by Crippen LogP contribution is -2.50. The number of nitrogens with one attached hydrogen (secondary N) is 1. The molecule has 4 rings (SSSR count). The van der Waals surface area contributed by atoms with Gasteiger partial charge in [-0.1, -0.05) is 30.3 Å². The van der Waals surface area contributed by atoms with Crippen LogP contribution in [0.5, 0.6) is 0 Å². The van der Waals surface area contributed by atoms with Gasteiger partial charge >= 0.3 is 0 Å². The first-order valence-electron chi connectivity index (χ1n) is 6.99. The molecular formula is C15H17N3O. The maximum Gasteiger partial charge on any atom is 0.250 e. The summed E-state index contributed by atoms with van der Waals surface area (Å²) in [7, 11) is 0. The molecular weight excluding hydrogens is 238 g/mol. The van der Waals surface area contributed by atoms with Crippen LogP contribution in [-0.4, -0.2) is 28.6 Å². The zero-order chi connectivity index (χ0) is 12.8. The molecule has 3 aliphatic heterocycles. The van der Waals surface area contributed by atoms with Crippen LogP contribution >= 0.6 is 0 Å². The number of nitrogens with zero attached hydrogens (tertiary/aromatic N) is 2. The summed E-state index contributed by atoms with van der Waals surface area (Å²) in [5.74, 6) is 0.0980. The standard InChI is InChI=1S/C15H17N3O/c19-15-14-12(16-17-15)8-11-6-7-13(14)18(11)9-10-4-2-1-3-5-10/h1-5,11,13-14H,6-9H2,(H,17,19)/t11-,13+,14+/m1/s1. The SMILES string of the molecule is O=C1NN=C2C[C@H]3CC[C@@H]([C@@H]12)N3Cc1ccccc1. The molecule has 0 aromatic heterocycles. The zero-order valence-corrected chi connectivity index (χ0v) is 10.7. The van der Waals surface area contributed by atoms with Crippen LogP contribution in [0.2, 0.25) is 0 Å². The van der Waals surface area contributed by atoms with Crippen molar-refractivity contribution in [2.24, 2.45) is 11.0 Å². The number of hydrazone groups is 1. The molecule has 98 valence electrons. The Bertz CT molecular complexity index is 540. The van der Waals surface area contributed by atoms with Crippen LogP contribution in [0.3, 0.4) is 0 Å². The van der Waals surface area contributed by atoms with E-state index in [1.807, 2.05) is 6.07 Å². The van der Waals surface area contributed by atoms with E-state index in [2.05, 4.69) is 39.7 Å². The highest BCUT2D eigenvalue weighted by molar-refractivity contribution is 6.09. The molecule has 1 N–H and O–H groups in total. The van der Waals surface area contributed by atoms with Crippen molar-refractivity contribution < 1.29 is 4.79 Å². The van der Waals surface area contributed by atoms with Crippen molar-refractivity contribution >= 4 is 11.6 Å². The molecule has 3 aliphatic rings. The lowest BCUT2D eigenvalue weighted by molar-refractivity contribution is -0.123. The van der Waals surface area contributed by atoms with Gasteiger partial charge in [-0.3, -0.25) is 9.69 Å². The minimum Gasteiger partial charge on any atom is -0.292 e. The normalized spacial score (nSPS) is 32.9. The number of piperidine rings is 1. The number of amides is 1. The molecule has 3 atom stereocenters. The first kappa shape index (κ1) is 11.2. The number of fused-ring (bicyclic) bond motifs is 4. The van der Waals surface area contributed by atoms with E-state index in [0.717, 1.165) is 25.1 Å². The lowest BCUT2D eigenvalue weighted by Gasteiger charge is -2.37. The van der Waals surface area contributed by atoms with Gasteiger partial charge in [0.2, 0.25) is 0 Å². The van der Waals surface area contributed by atoms with Crippen LogP contribution in [0.1, 0.15) is 24.8 Å². The van der Waals surface area contributed by atoms with Gasteiger partial charge in [0, 0.05) is 25.0 Å². The van der Waals surface area contributed by atoms with Gasteiger partial charge < -0.3 is 0 Å². The van der Waals surface area contributed by atoms with Crippen molar-refractivity contribution in [2.75, 3.05) is 0 Å². The highest BCUT2D eigenvalue weighted by Crippen LogP contribution is 2.40. The number of hydrogen-bond acceptors (Lipinski definition) is 3. The molecule has 1 aromatic rings. The van der Waals surface area contributed by atoms with E-state index in [9.17, 15) is 4.79 Å². The minimum atomic E-state index is 0.00228. The Labute approximate surface area is 112 Å². The van der Waals surface area contributed by atoms with Gasteiger partial charge in [0.1, 0.15) is 0 Å². The molecule has 4 nitrogen and oxygen atoms in total. The molecule has 2 saturated heterocycles. The Balaban J connectivity index is 1.61. The third-order valence-corrected chi connectivity index (χ3v) is 4.68. The Morgan fingerprint density at radius 3 is 2.95 bits per heavy atom. The quantitative estimate of drug-likeness (QED) is 0.871. The number of rotatable bonds is 2. The van der Waals surface area contributed by atoms with Crippen molar-refractivity contribution in [3.05, 3.63) is 35.9 Å². The van der Waals surface area contributed by atoms with Gasteiger partial charge in [-0.15, -0.1) is 0 Å². The van der Waals surface area contributed by atoms with Crippen LogP contribution < -0.4 is 5.43 Å². The average Bonchev–Trinajstić information content (AvgIpc) is 2.92. The van der Waals surface area contributed by atoms with Crippen molar-refractivity contribution in [1.29, 1.82) is 0 Å². The number of carbonyl (C=O) groups is 1. The summed E-state index contributed by atoms with van der Waals surface area (Å²) in [6.45, 7) is 0.952. The molecule has 0 aliphatic carbocycles. The molecule has 1 aromatic carbocycles. The fraction of sp³-hybridized carbons (Fsp3) is 0.467. The van der Waals surface area contributed by atoms with Crippen LogP contribution in [0.25, 0.3) is 0 Å². The summed E-state index contributed by atoms with van der Waals surface area (Å²) >= 11 is 0. The van der Waals surface area contributed by atoms with Gasteiger partial charge in [-0.05, 0) is 18.4 Å². The molecule has 0 radical (unpaired) electrons. The first-order valence-corrected chi connectivity index (χ1v) is 6.99. The van der Waals surface area contributed by atoms with Crippen molar-refractivity contribution in [3.63, 3.8) is 0 Å². The van der Waals surface area contributed by atoms with Crippen LogP contribution in [0.15, 0.2) is 35.4 Å². The maximum atomic E-state index is 11.9. The van der Waals surface area contributed by atoms with Crippen molar-refractivity contribution in [2.45, 2.75) is 37.9 Å². The summed E-state index contributed by atoms with van der Waals surface area (Å²) < 4.78 is 0. The minimum absolute atomic E-state index is 0.00228. The van der Waals surface area contributed by atoms with Gasteiger partial charge in [-0.25, -0.2) is 5.43 Å². The Morgan fingerprint density at radius 1 is 1.26 bits per heavy atom. The molecule has 1 amide bonds. The summed E-state index contributed by atoms with van der Waals surface area (Å²) in [5, 5.41) is 4.21. The highest BCUT2D eigenvalue weighted by atomic mass is 16.2. The number of hydrogen-bond donors (Lipinski definition) is 1. The van der Waals surface area contributed by atoms with E-state index >= 15 is 0 Å². The average molecular weight is 255 g/mol. The predicted molar refractivity (Wildman–Crippen MR) is 72.5 cm³/mol. The monoisotopic (exact) mass is 255 g/mol. The Kier molecular flexibility index (Phi) is 2.45. The largest absolute Gasteiger partial charge is 0.292 e. The third kappa shape index (κ3) is 1.70. The van der Waals surface area contributed by atoms with Gasteiger partial charge in [0.05, 0.1) is 11.6 Å². The highest BCUT2D eigenvalue weighted by Gasteiger charge is 2.50. The first-order chi connectivity index (χ1) is 9.33. The number of benzene rings is 1. The van der Waals surface area contributed by atoms with Gasteiger partial charge in [-0.2, -0.15) is 5.10 Å². The lowest BCUT2D eigenvalue weighted by atomic mass is 9.88. The molecule has 3 heterocycles. The molecule has 0 unspecified atom stereocenters. The second-order valence-electron chi connectivity index (χ2n) is 5.72. The molecule has 19 heavy (non-hydrogen) atoms. The molecule has 4 heteroatoms. The van der Waals surface area contributed by atoms with Crippen LogP contribution in [0.4, 0.5) is 0 Å². The second-order valence-corrected chi connectivity index (χ2v) is 5.72. The third-order valence-electron chi connectivity index (χ3n) is 4.68. The van der Waals surface area contributed by atoms with E-state index in [1.54, 1.807) is 0 Å². The van der Waals surface area contributed by atoms with Crippen LogP contribution in [0, 0.1) is 5.92 Å². The summed E-state index contributed by atoms with van der Waals surface area (Å²) in [5.41, 5.74) is 5.07.